The van der Waals surface area contributed by atoms with Crippen molar-refractivity contribution in [1.29, 1.82) is 0 Å². The van der Waals surface area contributed by atoms with Gasteiger partial charge in [0.25, 0.3) is 5.91 Å². The number of hydrogen-bond donors (Lipinski definition) is 2. The van der Waals surface area contributed by atoms with Gasteiger partial charge in [-0.05, 0) is 60.3 Å². The zero-order valence-electron chi connectivity index (χ0n) is 19.9. The van der Waals surface area contributed by atoms with Crippen molar-refractivity contribution in [3.05, 3.63) is 96.1 Å². The number of nitrogens with zero attached hydrogens (tertiary/aromatic N) is 1. The summed E-state index contributed by atoms with van der Waals surface area (Å²) >= 11 is 0. The van der Waals surface area contributed by atoms with E-state index in [2.05, 4.69) is 10.3 Å². The number of carbonyl (C=O) groups excluding carboxylic acids is 3. The second kappa shape index (κ2) is 9.94. The van der Waals surface area contributed by atoms with E-state index in [9.17, 15) is 14.4 Å². The number of ether oxygens (including phenoxy) is 1. The second-order valence-corrected chi connectivity index (χ2v) is 8.43. The van der Waals surface area contributed by atoms with Crippen LogP contribution < -0.4 is 11.1 Å². The van der Waals surface area contributed by atoms with Crippen molar-refractivity contribution in [3.63, 3.8) is 0 Å². The SMILES string of the molecule is CCC(OC(=O)c1cccc2cccc(-c3nc4ccccc4o3)c12)C(=O)Nc1ccc(C(N)=O)cc1. The van der Waals surface area contributed by atoms with E-state index in [1.807, 2.05) is 48.5 Å². The maximum Gasteiger partial charge on any atom is 0.339 e. The summed E-state index contributed by atoms with van der Waals surface area (Å²) < 4.78 is 11.6. The maximum atomic E-state index is 13.4. The molecule has 0 radical (unpaired) electrons. The Kier molecular flexibility index (Phi) is 6.38. The number of esters is 1. The van der Waals surface area contributed by atoms with Crippen molar-refractivity contribution < 1.29 is 23.5 Å². The lowest BCUT2D eigenvalue weighted by atomic mass is 9.99. The van der Waals surface area contributed by atoms with Crippen LogP contribution in [0.1, 0.15) is 34.1 Å². The van der Waals surface area contributed by atoms with Gasteiger partial charge in [-0.2, -0.15) is 0 Å². The minimum absolute atomic E-state index is 0.264. The van der Waals surface area contributed by atoms with Gasteiger partial charge in [0.05, 0.1) is 5.56 Å². The van der Waals surface area contributed by atoms with Crippen LogP contribution in [0.5, 0.6) is 0 Å². The molecule has 0 bridgehead atoms. The molecule has 0 aliphatic rings. The smallest absolute Gasteiger partial charge is 0.339 e. The molecule has 3 N–H and O–H groups in total. The molecule has 1 unspecified atom stereocenters. The molecule has 1 atom stereocenters. The van der Waals surface area contributed by atoms with Crippen molar-refractivity contribution in [2.24, 2.45) is 5.73 Å². The number of rotatable bonds is 7. The average Bonchev–Trinajstić information content (AvgIpc) is 3.35. The van der Waals surface area contributed by atoms with Crippen LogP contribution in [-0.2, 0) is 9.53 Å². The van der Waals surface area contributed by atoms with Crippen molar-refractivity contribution in [3.8, 4) is 11.5 Å². The summed E-state index contributed by atoms with van der Waals surface area (Å²) in [6, 6.07) is 24.5. The summed E-state index contributed by atoms with van der Waals surface area (Å²) in [5, 5.41) is 4.14. The number of nitrogens with one attached hydrogen (secondary N) is 1. The van der Waals surface area contributed by atoms with Crippen LogP contribution in [0, 0.1) is 0 Å². The molecule has 2 amide bonds. The Hall–Kier alpha value is -4.98. The highest BCUT2D eigenvalue weighted by atomic mass is 16.5. The van der Waals surface area contributed by atoms with Crippen LogP contribution >= 0.6 is 0 Å². The van der Waals surface area contributed by atoms with Crippen LogP contribution in [0.3, 0.4) is 0 Å². The zero-order chi connectivity index (χ0) is 25.9. The molecule has 0 saturated carbocycles. The van der Waals surface area contributed by atoms with Gasteiger partial charge in [0.1, 0.15) is 5.52 Å². The van der Waals surface area contributed by atoms with Gasteiger partial charge >= 0.3 is 5.97 Å². The van der Waals surface area contributed by atoms with Crippen LogP contribution in [0.15, 0.2) is 89.3 Å². The molecule has 184 valence electrons. The Bertz CT molecular complexity index is 1600. The first-order chi connectivity index (χ1) is 17.9. The molecule has 0 saturated heterocycles. The lowest BCUT2D eigenvalue weighted by Crippen LogP contribution is -2.32. The van der Waals surface area contributed by atoms with Crippen LogP contribution in [-0.4, -0.2) is 28.9 Å². The van der Waals surface area contributed by atoms with Crippen molar-refractivity contribution in [2.45, 2.75) is 19.4 Å². The number of amides is 2. The molecular weight excluding hydrogens is 470 g/mol. The molecule has 1 aromatic heterocycles. The molecule has 8 heteroatoms. The summed E-state index contributed by atoms with van der Waals surface area (Å²) in [5.41, 5.74) is 8.33. The predicted molar refractivity (Wildman–Crippen MR) is 140 cm³/mol. The average molecular weight is 494 g/mol. The quantitative estimate of drug-likeness (QED) is 0.296. The van der Waals surface area contributed by atoms with Gasteiger partial charge in [-0.15, -0.1) is 0 Å². The Morgan fingerprint density at radius 3 is 2.38 bits per heavy atom. The number of primary amides is 1. The highest BCUT2D eigenvalue weighted by Gasteiger charge is 2.25. The number of fused-ring (bicyclic) bond motifs is 2. The van der Waals surface area contributed by atoms with E-state index in [-0.39, 0.29) is 6.42 Å². The van der Waals surface area contributed by atoms with E-state index in [0.29, 0.717) is 44.8 Å². The number of hydrogen-bond acceptors (Lipinski definition) is 6. The largest absolute Gasteiger partial charge is 0.449 e. The van der Waals surface area contributed by atoms with E-state index >= 15 is 0 Å². The first-order valence-electron chi connectivity index (χ1n) is 11.7. The number of aromatic nitrogens is 1. The Morgan fingerprint density at radius 1 is 0.946 bits per heavy atom. The zero-order valence-corrected chi connectivity index (χ0v) is 19.9. The Morgan fingerprint density at radius 2 is 1.68 bits per heavy atom. The van der Waals surface area contributed by atoms with Crippen molar-refractivity contribution in [2.75, 3.05) is 5.32 Å². The van der Waals surface area contributed by atoms with Crippen LogP contribution in [0.2, 0.25) is 0 Å². The molecule has 1 heterocycles. The van der Waals surface area contributed by atoms with Gasteiger partial charge < -0.3 is 20.2 Å². The van der Waals surface area contributed by atoms with Gasteiger partial charge in [0, 0.05) is 22.2 Å². The minimum atomic E-state index is -1.03. The summed E-state index contributed by atoms with van der Waals surface area (Å²) in [5.74, 6) is -1.30. The fraction of sp³-hybridized carbons (Fsp3) is 0.103. The fourth-order valence-corrected chi connectivity index (χ4v) is 4.13. The third-order valence-corrected chi connectivity index (χ3v) is 6.00. The van der Waals surface area contributed by atoms with Crippen molar-refractivity contribution >= 4 is 45.3 Å². The van der Waals surface area contributed by atoms with E-state index in [1.165, 1.54) is 12.1 Å². The van der Waals surface area contributed by atoms with Gasteiger partial charge in [-0.25, -0.2) is 9.78 Å². The van der Waals surface area contributed by atoms with Crippen LogP contribution in [0.4, 0.5) is 5.69 Å². The van der Waals surface area contributed by atoms with E-state index in [4.69, 9.17) is 14.9 Å². The molecular formula is C29H23N3O5. The first kappa shape index (κ1) is 23.7. The van der Waals surface area contributed by atoms with Gasteiger partial charge in [0.15, 0.2) is 11.7 Å². The van der Waals surface area contributed by atoms with Gasteiger partial charge in [-0.1, -0.05) is 43.3 Å². The molecule has 8 nitrogen and oxygen atoms in total. The highest BCUT2D eigenvalue weighted by molar-refractivity contribution is 6.11. The molecule has 0 aliphatic carbocycles. The number of oxazole rings is 1. The Labute approximate surface area is 212 Å². The molecule has 5 rings (SSSR count). The second-order valence-electron chi connectivity index (χ2n) is 8.43. The normalized spacial score (nSPS) is 11.8. The monoisotopic (exact) mass is 493 g/mol. The molecule has 5 aromatic rings. The van der Waals surface area contributed by atoms with Crippen LogP contribution in [0.25, 0.3) is 33.3 Å². The highest BCUT2D eigenvalue weighted by Crippen LogP contribution is 2.33. The molecule has 4 aromatic carbocycles. The topological polar surface area (TPSA) is 125 Å². The summed E-state index contributed by atoms with van der Waals surface area (Å²) in [6.07, 6.45) is -0.769. The first-order valence-corrected chi connectivity index (χ1v) is 11.7. The number of benzene rings is 4. The number of nitrogens with two attached hydrogens (primary N) is 1. The summed E-state index contributed by atoms with van der Waals surface area (Å²) in [6.45, 7) is 1.75. The van der Waals surface area contributed by atoms with E-state index in [1.54, 1.807) is 31.2 Å². The van der Waals surface area contributed by atoms with Crippen molar-refractivity contribution in [1.82, 2.24) is 4.98 Å². The molecule has 0 spiro atoms. The third-order valence-electron chi connectivity index (χ3n) is 6.00. The molecule has 0 fully saturated rings. The van der Waals surface area contributed by atoms with E-state index in [0.717, 1.165) is 5.39 Å². The number of anilines is 1. The van der Waals surface area contributed by atoms with Gasteiger partial charge in [0.2, 0.25) is 11.8 Å². The van der Waals surface area contributed by atoms with E-state index < -0.39 is 23.9 Å². The maximum absolute atomic E-state index is 13.4. The predicted octanol–water partition coefficient (Wildman–Crippen LogP) is 5.32. The molecule has 37 heavy (non-hydrogen) atoms. The number of carbonyl (C=O) groups is 3. The minimum Gasteiger partial charge on any atom is -0.449 e. The third kappa shape index (κ3) is 4.77. The standard InChI is InChI=1S/C29H23N3O5/c1-2-23(27(34)31-19-15-13-18(14-16-19)26(30)33)37-29(35)21-10-6-8-17-7-5-9-20(25(17)21)28-32-22-11-3-4-12-24(22)36-28/h3-16,23H,2H2,1H3,(H2,30,33)(H,31,34). The Balaban J connectivity index is 1.43. The summed E-state index contributed by atoms with van der Waals surface area (Å²) in [4.78, 5) is 42.1. The lowest BCUT2D eigenvalue weighted by Gasteiger charge is -2.17. The fourth-order valence-electron chi connectivity index (χ4n) is 4.13. The summed E-state index contributed by atoms with van der Waals surface area (Å²) in [7, 11) is 0. The van der Waals surface area contributed by atoms with Gasteiger partial charge in [-0.3, -0.25) is 9.59 Å². The number of para-hydroxylation sites is 2. The lowest BCUT2D eigenvalue weighted by molar-refractivity contribution is -0.124. The molecule has 0 aliphatic heterocycles.